The molecule has 37 heteroatoms. The van der Waals surface area contributed by atoms with E-state index in [1.165, 1.54) is 9.80 Å². The van der Waals surface area contributed by atoms with Crippen LogP contribution in [-0.2, 0) is 102 Å². The topological polar surface area (TPSA) is 443 Å². The lowest BCUT2D eigenvalue weighted by molar-refractivity contribution is -0.143. The number of primary amides is 1. The third kappa shape index (κ3) is 44.5. The van der Waals surface area contributed by atoms with Gasteiger partial charge in [-0.1, -0.05) is 65.0 Å². The van der Waals surface area contributed by atoms with Crippen molar-refractivity contribution in [3.05, 3.63) is 83.7 Å². The van der Waals surface area contributed by atoms with Crippen molar-refractivity contribution in [2.45, 2.75) is 188 Å². The van der Waals surface area contributed by atoms with E-state index >= 15 is 4.39 Å². The van der Waals surface area contributed by atoms with E-state index in [0.29, 0.717) is 76.6 Å². The van der Waals surface area contributed by atoms with Crippen LogP contribution in [0.4, 0.5) is 18.4 Å². The predicted molar refractivity (Wildman–Crippen MR) is 443 cm³/mol. The Morgan fingerprint density at radius 2 is 1.02 bits per heavy atom. The molecule has 3 aromatic rings. The van der Waals surface area contributed by atoms with Crippen LogP contribution < -0.4 is 48.3 Å². The average Bonchev–Trinajstić information content (AvgIpc) is 1.67. The molecular weight excluding hydrogens is 1580 g/mol. The number of aliphatic hydroxyl groups is 1. The molecule has 682 valence electrons. The van der Waals surface area contributed by atoms with Crippen LogP contribution in [0.3, 0.4) is 0 Å². The number of aromatic nitrogens is 1. The number of ether oxygens (including phenoxy) is 11. The van der Waals surface area contributed by atoms with Gasteiger partial charge in [-0.15, -0.1) is 0 Å². The molecule has 0 unspecified atom stereocenters. The van der Waals surface area contributed by atoms with Crippen LogP contribution in [0.15, 0.2) is 60.8 Å². The molecule has 4 rings (SSSR count). The monoisotopic (exact) mass is 1720 g/mol. The molecule has 1 fully saturated rings. The third-order valence-electron chi connectivity index (χ3n) is 18.2. The molecule has 11 amide bonds. The summed E-state index contributed by atoms with van der Waals surface area (Å²) in [5.41, 5.74) is 5.58. The molecule has 0 radical (unpaired) electrons. The van der Waals surface area contributed by atoms with Gasteiger partial charge < -0.3 is 120 Å². The zero-order valence-electron chi connectivity index (χ0n) is 72.5. The number of carbonyl (C=O) groups is 11. The van der Waals surface area contributed by atoms with E-state index in [9.17, 15) is 62.2 Å². The zero-order valence-corrected chi connectivity index (χ0v) is 72.5. The molecule has 121 heavy (non-hydrogen) atoms. The van der Waals surface area contributed by atoms with Crippen molar-refractivity contribution in [1.29, 1.82) is 0 Å². The number of carbonyl (C=O) groups excluding carboxylic acids is 11. The molecule has 0 spiro atoms. The Hall–Kier alpha value is -9.05. The summed E-state index contributed by atoms with van der Waals surface area (Å²) in [6.07, 6.45) is 2.03. The third-order valence-corrected chi connectivity index (χ3v) is 18.2. The van der Waals surface area contributed by atoms with E-state index in [1.54, 1.807) is 67.7 Å². The fourth-order valence-corrected chi connectivity index (χ4v) is 12.5. The van der Waals surface area contributed by atoms with Crippen LogP contribution >= 0.6 is 0 Å². The number of hydrogen-bond acceptors (Lipinski definition) is 23. The number of amides is 11. The SMILES string of the molecule is CC(C)[C@H](NC(=O)[C@@H]1CCCN1C(=O)[C@H](CC(N)=O)NC(=O)CCOCCOCCOCCNC(=O)[C@H](CCCCNC(=O)CCOCCOCCOCCNC(=O)OC(C)(C)C)NC(=O)CCOCCOCCOCCNC(=O)OC(C)(C)C)C(=O)NCCCN(C(=O)CO)[C@@H](c1cc(-c2cc(F)ccc2F)cn1Cc1ccccc1)C(C)(C)C. The van der Waals surface area contributed by atoms with Crippen LogP contribution in [-0.4, -0.2) is 292 Å². The fourth-order valence-electron chi connectivity index (χ4n) is 12.5. The number of hydrogen-bond donors (Lipinski definition) is 10. The maximum absolute atomic E-state index is 15.3. The molecule has 35 nitrogen and oxygen atoms in total. The number of nitrogens with two attached hydrogens (primary N) is 1. The van der Waals surface area contributed by atoms with Gasteiger partial charge in [0.05, 0.1) is 131 Å². The van der Waals surface area contributed by atoms with Crippen molar-refractivity contribution in [2.75, 3.05) is 171 Å². The molecule has 5 atom stereocenters. The van der Waals surface area contributed by atoms with Crippen LogP contribution in [0, 0.1) is 23.0 Å². The first-order valence-corrected chi connectivity index (χ1v) is 41.6. The number of unbranched alkanes of at least 4 members (excludes halogenated alkanes) is 1. The van der Waals surface area contributed by atoms with Crippen LogP contribution in [0.2, 0.25) is 0 Å². The van der Waals surface area contributed by atoms with Gasteiger partial charge in [0.2, 0.25) is 53.2 Å². The van der Waals surface area contributed by atoms with Gasteiger partial charge in [-0.2, -0.15) is 0 Å². The number of aliphatic hydroxyl groups excluding tert-OH is 1. The average molecular weight is 1720 g/mol. The first kappa shape index (κ1) is 104. The smallest absolute Gasteiger partial charge is 0.407 e. The second-order valence-corrected chi connectivity index (χ2v) is 32.1. The lowest BCUT2D eigenvalue weighted by atomic mass is 9.83. The largest absolute Gasteiger partial charge is 0.444 e. The lowest BCUT2D eigenvalue weighted by Crippen LogP contribution is -2.57. The molecule has 1 saturated heterocycles. The Balaban J connectivity index is 1.17. The Morgan fingerprint density at radius 1 is 0.545 bits per heavy atom. The summed E-state index contributed by atoms with van der Waals surface area (Å²) in [5.74, 6) is -6.80. The van der Waals surface area contributed by atoms with Gasteiger partial charge in [0.25, 0.3) is 0 Å². The molecule has 2 heterocycles. The number of nitrogens with one attached hydrogen (secondary N) is 8. The summed E-state index contributed by atoms with van der Waals surface area (Å²) in [7, 11) is 0. The molecule has 0 saturated carbocycles. The lowest BCUT2D eigenvalue weighted by Gasteiger charge is -2.41. The fraction of sp³-hybridized carbons (Fsp3) is 0.679. The highest BCUT2D eigenvalue weighted by Gasteiger charge is 2.41. The summed E-state index contributed by atoms with van der Waals surface area (Å²) in [6, 6.07) is 9.19. The van der Waals surface area contributed by atoms with Gasteiger partial charge >= 0.3 is 12.2 Å². The quantitative estimate of drug-likeness (QED) is 0.0344. The van der Waals surface area contributed by atoms with Crippen molar-refractivity contribution in [3.8, 4) is 11.1 Å². The van der Waals surface area contributed by atoms with Crippen molar-refractivity contribution in [1.82, 2.24) is 56.9 Å². The van der Waals surface area contributed by atoms with Crippen molar-refractivity contribution < 1.29 is 119 Å². The summed E-state index contributed by atoms with van der Waals surface area (Å²) in [6.45, 7) is 24.1. The minimum atomic E-state index is -1.42. The molecule has 0 bridgehead atoms. The van der Waals surface area contributed by atoms with Gasteiger partial charge in [0.1, 0.15) is 53.6 Å². The van der Waals surface area contributed by atoms with Crippen LogP contribution in [0.1, 0.15) is 158 Å². The Labute approximate surface area is 709 Å². The molecule has 1 aliphatic rings. The highest BCUT2D eigenvalue weighted by Crippen LogP contribution is 2.41. The minimum Gasteiger partial charge on any atom is -0.444 e. The number of alkyl carbamates (subject to hydrolysis) is 2. The maximum Gasteiger partial charge on any atom is 0.407 e. The standard InChI is InChI=1S/C84H134F2N12O23/c1-59(2)74(78(107)89-29-18-34-98(73(104)58-99)75(82(3,4)5)68-53-61(63-54-62(85)23-24-64(63)86)57-96(68)56-60-19-13-12-14-20-60)95-77(106)67-22-17-33-97(67)79(108)66(55-69(87)100)94-72(103)27-37-113-43-49-118-50-44-114-38-30-90-76(105)65(93-71(102)26-36-112-42-48-119-52-46-116-40-32-92-81(110)121-84(9,10)11)21-15-16-28-88-70(101)25-35-111-41-47-117-51-45-115-39-31-91-80(109)120-83(6,7)8/h12-14,19-20,23-24,53-54,57,59,65-67,74-75,99H,15-18,21-22,25-52,55-56,58H2,1-11H3,(H2,87,100)(H,88,101)(H,89,107)(H,90,105)(H,91,109)(H,92,110)(H,93,102)(H,94,103)(H,95,106)/t65-,66-,67-,74-,75-/m0/s1. The van der Waals surface area contributed by atoms with Crippen molar-refractivity contribution in [3.63, 3.8) is 0 Å². The van der Waals surface area contributed by atoms with Gasteiger partial charge in [0, 0.05) is 94.6 Å². The Kier molecular flexibility index (Phi) is 49.4. The minimum absolute atomic E-state index is 0.0308. The number of likely N-dealkylation sites (tertiary alicyclic amines) is 1. The number of rotatable bonds is 61. The van der Waals surface area contributed by atoms with Gasteiger partial charge in [-0.25, -0.2) is 18.4 Å². The van der Waals surface area contributed by atoms with Gasteiger partial charge in [-0.05, 0) is 121 Å². The van der Waals surface area contributed by atoms with E-state index in [4.69, 9.17) is 57.8 Å². The van der Waals surface area contributed by atoms with Gasteiger partial charge in [0.15, 0.2) is 0 Å². The Morgan fingerprint density at radius 3 is 1.52 bits per heavy atom. The summed E-state index contributed by atoms with van der Waals surface area (Å²) < 4.78 is 92.0. The highest BCUT2D eigenvalue weighted by molar-refractivity contribution is 5.96. The number of halogens is 2. The second-order valence-electron chi connectivity index (χ2n) is 32.1. The van der Waals surface area contributed by atoms with Crippen molar-refractivity contribution >= 4 is 65.4 Å². The second kappa shape index (κ2) is 57.3. The van der Waals surface area contributed by atoms with E-state index in [1.807, 2.05) is 55.7 Å². The van der Waals surface area contributed by atoms with Crippen molar-refractivity contribution in [2.24, 2.45) is 17.1 Å². The first-order chi connectivity index (χ1) is 57.6. The molecule has 2 aromatic carbocycles. The highest BCUT2D eigenvalue weighted by atomic mass is 19.1. The van der Waals surface area contributed by atoms with E-state index in [0.717, 1.165) is 23.8 Å². The summed E-state index contributed by atoms with van der Waals surface area (Å²) in [4.78, 5) is 147. The number of nitrogens with zero attached hydrogens (tertiary/aromatic N) is 3. The molecule has 0 aliphatic carbocycles. The normalized spacial score (nSPS) is 13.9. The first-order valence-electron chi connectivity index (χ1n) is 41.6. The Bertz CT molecular complexity index is 3620. The zero-order chi connectivity index (χ0) is 89.2. The van der Waals surface area contributed by atoms with Crippen LogP contribution in [0.5, 0.6) is 0 Å². The van der Waals surface area contributed by atoms with E-state index < -0.39 is 137 Å². The van der Waals surface area contributed by atoms with E-state index in [2.05, 4.69) is 42.5 Å². The summed E-state index contributed by atoms with van der Waals surface area (Å²) >= 11 is 0. The molecule has 1 aromatic heterocycles. The molecule has 1 aliphatic heterocycles. The number of benzene rings is 2. The van der Waals surface area contributed by atoms with Gasteiger partial charge in [-0.3, -0.25) is 43.2 Å². The molecular formula is C84H134F2N12O23. The van der Waals surface area contributed by atoms with Crippen LogP contribution in [0.25, 0.3) is 11.1 Å². The van der Waals surface area contributed by atoms with E-state index in [-0.39, 0.29) is 175 Å². The predicted octanol–water partition coefficient (Wildman–Crippen LogP) is 4.64. The molecule has 11 N–H and O–H groups in total. The summed E-state index contributed by atoms with van der Waals surface area (Å²) in [5, 5.41) is 32.2. The maximum atomic E-state index is 15.3.